The lowest BCUT2D eigenvalue weighted by atomic mass is 9.82. The fourth-order valence-corrected chi connectivity index (χ4v) is 5.80. The van der Waals surface area contributed by atoms with Gasteiger partial charge in [0.05, 0.1) is 16.7 Å². The van der Waals surface area contributed by atoms with Crippen molar-refractivity contribution in [3.05, 3.63) is 102 Å². The lowest BCUT2D eigenvalue weighted by Gasteiger charge is -2.31. The van der Waals surface area contributed by atoms with Crippen LogP contribution in [0.3, 0.4) is 0 Å². The van der Waals surface area contributed by atoms with Crippen LogP contribution in [0, 0.1) is 11.2 Å². The minimum Gasteiger partial charge on any atom is -0.461 e. The van der Waals surface area contributed by atoms with Crippen molar-refractivity contribution in [1.82, 2.24) is 4.72 Å². The van der Waals surface area contributed by atoms with E-state index < -0.39 is 39.8 Å². The van der Waals surface area contributed by atoms with Crippen LogP contribution in [0.2, 0.25) is 0 Å². The number of halogens is 4. The zero-order valence-electron chi connectivity index (χ0n) is 22.5. The Bertz CT molecular complexity index is 1660. The maximum atomic E-state index is 14.0. The molecule has 2 aliphatic rings. The maximum absolute atomic E-state index is 14.0. The van der Waals surface area contributed by atoms with Crippen LogP contribution in [-0.2, 0) is 21.2 Å². The van der Waals surface area contributed by atoms with E-state index in [-0.39, 0.29) is 28.9 Å². The maximum Gasteiger partial charge on any atom is 0.398 e. The Morgan fingerprint density at radius 2 is 1.79 bits per heavy atom. The first-order valence-corrected chi connectivity index (χ1v) is 14.7. The van der Waals surface area contributed by atoms with Crippen molar-refractivity contribution in [2.45, 2.75) is 49.7 Å². The van der Waals surface area contributed by atoms with Crippen molar-refractivity contribution in [2.75, 3.05) is 5.32 Å². The molecule has 0 heterocycles. The van der Waals surface area contributed by atoms with Gasteiger partial charge in [0.25, 0.3) is 0 Å². The van der Waals surface area contributed by atoms with Crippen LogP contribution >= 0.6 is 0 Å². The molecule has 1 atom stereocenters. The van der Waals surface area contributed by atoms with Gasteiger partial charge in [-0.1, -0.05) is 36.4 Å². The molecule has 1 saturated carbocycles. The first-order valence-electron chi connectivity index (χ1n) is 13.3. The summed E-state index contributed by atoms with van der Waals surface area (Å²) in [5.41, 5.74) is -0.358. The van der Waals surface area contributed by atoms with E-state index >= 15 is 0 Å². The Kier molecular flexibility index (Phi) is 8.00. The van der Waals surface area contributed by atoms with Gasteiger partial charge in [-0.3, -0.25) is 4.79 Å². The topological polar surface area (TPSA) is 84.5 Å². The Labute approximate surface area is 241 Å². The number of ether oxygens (including phenoxy) is 1. The second-order valence-corrected chi connectivity index (χ2v) is 12.4. The SMILES string of the molecule is CC1(C(F)(F)F)C=CC=C(Oc2cc(NC(=O)Cc3ccc(S(=O)(=O)NC4CC4)cc3)ccc2-c2cccc(F)c2)C1. The van der Waals surface area contributed by atoms with Gasteiger partial charge in [0, 0.05) is 29.8 Å². The van der Waals surface area contributed by atoms with Crippen LogP contribution < -0.4 is 14.8 Å². The molecular formula is C31H28F4N2O4S. The molecule has 0 radical (unpaired) electrons. The summed E-state index contributed by atoms with van der Waals surface area (Å²) in [5.74, 6) is -0.704. The molecule has 3 aromatic rings. The summed E-state index contributed by atoms with van der Waals surface area (Å²) in [4.78, 5) is 12.9. The number of hydrogen-bond donors (Lipinski definition) is 2. The second-order valence-electron chi connectivity index (χ2n) is 10.7. The quantitative estimate of drug-likeness (QED) is 0.262. The predicted octanol–water partition coefficient (Wildman–Crippen LogP) is 6.91. The van der Waals surface area contributed by atoms with E-state index in [1.54, 1.807) is 30.3 Å². The number of carbonyl (C=O) groups excluding carboxylic acids is 1. The average molecular weight is 601 g/mol. The monoisotopic (exact) mass is 600 g/mol. The number of rotatable bonds is 9. The normalized spacial score (nSPS) is 18.8. The third-order valence-electron chi connectivity index (χ3n) is 7.07. The molecule has 0 aliphatic heterocycles. The summed E-state index contributed by atoms with van der Waals surface area (Å²) in [6, 6.07) is 16.3. The molecule has 1 fully saturated rings. The van der Waals surface area contributed by atoms with Gasteiger partial charge >= 0.3 is 6.18 Å². The molecular weight excluding hydrogens is 572 g/mol. The molecule has 0 aromatic heterocycles. The summed E-state index contributed by atoms with van der Waals surface area (Å²) in [7, 11) is -3.61. The third-order valence-corrected chi connectivity index (χ3v) is 8.61. The molecule has 0 spiro atoms. The molecule has 1 amide bonds. The van der Waals surface area contributed by atoms with Crippen LogP contribution in [0.25, 0.3) is 11.1 Å². The Morgan fingerprint density at radius 1 is 1.05 bits per heavy atom. The molecule has 220 valence electrons. The molecule has 6 nitrogen and oxygen atoms in total. The van der Waals surface area contributed by atoms with Gasteiger partial charge in [0.2, 0.25) is 15.9 Å². The summed E-state index contributed by atoms with van der Waals surface area (Å²) >= 11 is 0. The average Bonchev–Trinajstić information content (AvgIpc) is 3.72. The van der Waals surface area contributed by atoms with Crippen molar-refractivity contribution in [1.29, 1.82) is 0 Å². The number of carbonyl (C=O) groups is 1. The third kappa shape index (κ3) is 6.91. The fourth-order valence-electron chi connectivity index (χ4n) is 4.50. The van der Waals surface area contributed by atoms with Gasteiger partial charge in [0.1, 0.15) is 17.3 Å². The number of allylic oxidation sites excluding steroid dienone is 4. The van der Waals surface area contributed by atoms with E-state index in [2.05, 4.69) is 10.0 Å². The van der Waals surface area contributed by atoms with Crippen molar-refractivity contribution < 1.29 is 35.5 Å². The first-order chi connectivity index (χ1) is 19.8. The Hall–Kier alpha value is -3.96. The predicted molar refractivity (Wildman–Crippen MR) is 151 cm³/mol. The molecule has 0 saturated heterocycles. The van der Waals surface area contributed by atoms with Gasteiger partial charge in [-0.25, -0.2) is 17.5 Å². The molecule has 3 aromatic carbocycles. The highest BCUT2D eigenvalue weighted by Gasteiger charge is 2.50. The van der Waals surface area contributed by atoms with Crippen LogP contribution in [0.4, 0.5) is 23.2 Å². The molecule has 2 N–H and O–H groups in total. The minimum absolute atomic E-state index is 0.0262. The van der Waals surface area contributed by atoms with Gasteiger partial charge < -0.3 is 10.1 Å². The summed E-state index contributed by atoms with van der Waals surface area (Å²) < 4.78 is 88.4. The standard InChI is InChI=1S/C31H28F4N2O4S/c1-30(31(33,34)35)15-3-6-25(19-30)41-28-18-24(11-14-27(28)21-4-2-5-22(32)17-21)36-29(38)16-20-7-12-26(13-8-20)42(39,40)37-23-9-10-23/h2-8,11-15,17-18,23,37H,9-10,16,19H2,1H3,(H,36,38). The summed E-state index contributed by atoms with van der Waals surface area (Å²) in [5, 5.41) is 2.74. The van der Waals surface area contributed by atoms with Crippen molar-refractivity contribution in [3.8, 4) is 16.9 Å². The summed E-state index contributed by atoms with van der Waals surface area (Å²) in [6.07, 6.45) is 0.450. The highest BCUT2D eigenvalue weighted by atomic mass is 32.2. The smallest absolute Gasteiger partial charge is 0.398 e. The Morgan fingerprint density at radius 3 is 2.45 bits per heavy atom. The molecule has 0 bridgehead atoms. The van der Waals surface area contributed by atoms with E-state index in [0.29, 0.717) is 22.4 Å². The molecule has 42 heavy (non-hydrogen) atoms. The number of alkyl halides is 3. The van der Waals surface area contributed by atoms with Gasteiger partial charge in [0.15, 0.2) is 0 Å². The zero-order valence-corrected chi connectivity index (χ0v) is 23.4. The molecule has 11 heteroatoms. The molecule has 2 aliphatic carbocycles. The Balaban J connectivity index is 1.34. The van der Waals surface area contributed by atoms with Crippen molar-refractivity contribution >= 4 is 21.6 Å². The van der Waals surface area contributed by atoms with Crippen LogP contribution in [0.5, 0.6) is 5.75 Å². The highest BCUT2D eigenvalue weighted by Crippen LogP contribution is 2.46. The number of amides is 1. The van der Waals surface area contributed by atoms with Gasteiger partial charge in [-0.15, -0.1) is 0 Å². The van der Waals surface area contributed by atoms with Gasteiger partial charge in [-0.2, -0.15) is 13.2 Å². The van der Waals surface area contributed by atoms with E-state index in [4.69, 9.17) is 4.74 Å². The number of hydrogen-bond acceptors (Lipinski definition) is 4. The number of nitrogens with one attached hydrogen (secondary N) is 2. The minimum atomic E-state index is -4.50. The number of benzene rings is 3. The molecule has 5 rings (SSSR count). The van der Waals surface area contributed by atoms with E-state index in [1.165, 1.54) is 48.6 Å². The van der Waals surface area contributed by atoms with Gasteiger partial charge in [-0.05, 0) is 73.4 Å². The summed E-state index contributed by atoms with van der Waals surface area (Å²) in [6.45, 7) is 1.08. The number of anilines is 1. The second kappa shape index (κ2) is 11.4. The van der Waals surface area contributed by atoms with Crippen LogP contribution in [-0.4, -0.2) is 26.5 Å². The fraction of sp³-hybridized carbons (Fsp3) is 0.258. The van der Waals surface area contributed by atoms with E-state index in [9.17, 15) is 30.8 Å². The van der Waals surface area contributed by atoms with Crippen LogP contribution in [0.1, 0.15) is 31.7 Å². The van der Waals surface area contributed by atoms with Crippen LogP contribution in [0.15, 0.2) is 95.6 Å². The highest BCUT2D eigenvalue weighted by molar-refractivity contribution is 7.89. The first kappa shape index (κ1) is 29.5. The van der Waals surface area contributed by atoms with Crippen molar-refractivity contribution in [3.63, 3.8) is 0 Å². The van der Waals surface area contributed by atoms with E-state index in [1.807, 2.05) is 0 Å². The lowest BCUT2D eigenvalue weighted by Crippen LogP contribution is -2.35. The molecule has 1 unspecified atom stereocenters. The largest absolute Gasteiger partial charge is 0.461 e. The van der Waals surface area contributed by atoms with E-state index in [0.717, 1.165) is 25.8 Å². The number of sulfonamides is 1. The van der Waals surface area contributed by atoms with Crippen molar-refractivity contribution in [2.24, 2.45) is 5.41 Å². The lowest BCUT2D eigenvalue weighted by molar-refractivity contribution is -0.201. The zero-order chi connectivity index (χ0) is 30.1.